The van der Waals surface area contributed by atoms with Crippen LogP contribution in [0.15, 0.2) is 18.2 Å². The number of phenols is 2. The fourth-order valence-electron chi connectivity index (χ4n) is 1.82. The SMILES string of the molecule is O=C(c1ccc(O)cc1O)N1CCCOCC1. The zero-order valence-electron chi connectivity index (χ0n) is 9.43. The van der Waals surface area contributed by atoms with Crippen LogP contribution in [-0.4, -0.2) is 47.3 Å². The summed E-state index contributed by atoms with van der Waals surface area (Å²) >= 11 is 0. The number of aromatic hydroxyl groups is 2. The van der Waals surface area contributed by atoms with Crippen LogP contribution in [0, 0.1) is 0 Å². The van der Waals surface area contributed by atoms with Crippen molar-refractivity contribution in [1.29, 1.82) is 0 Å². The van der Waals surface area contributed by atoms with Gasteiger partial charge in [0.25, 0.3) is 5.91 Å². The van der Waals surface area contributed by atoms with E-state index in [9.17, 15) is 9.90 Å². The molecule has 2 rings (SSSR count). The predicted octanol–water partition coefficient (Wildman–Crippen LogP) is 0.960. The average Bonchev–Trinajstić information content (AvgIpc) is 2.56. The van der Waals surface area contributed by atoms with Crippen molar-refractivity contribution in [2.75, 3.05) is 26.3 Å². The molecule has 17 heavy (non-hydrogen) atoms. The van der Waals surface area contributed by atoms with E-state index < -0.39 is 0 Å². The van der Waals surface area contributed by atoms with E-state index in [1.54, 1.807) is 4.90 Å². The van der Waals surface area contributed by atoms with Crippen LogP contribution >= 0.6 is 0 Å². The second-order valence-corrected chi connectivity index (χ2v) is 3.96. The van der Waals surface area contributed by atoms with Crippen molar-refractivity contribution in [3.8, 4) is 11.5 Å². The van der Waals surface area contributed by atoms with E-state index in [0.717, 1.165) is 6.42 Å². The third-order valence-corrected chi connectivity index (χ3v) is 2.72. The Morgan fingerprint density at radius 3 is 2.82 bits per heavy atom. The minimum absolute atomic E-state index is 0.0572. The summed E-state index contributed by atoms with van der Waals surface area (Å²) in [6.45, 7) is 2.33. The smallest absolute Gasteiger partial charge is 0.257 e. The molecule has 1 aliphatic rings. The second kappa shape index (κ2) is 5.05. The van der Waals surface area contributed by atoms with Gasteiger partial charge in [-0.2, -0.15) is 0 Å². The van der Waals surface area contributed by atoms with E-state index in [2.05, 4.69) is 0 Å². The summed E-state index contributed by atoms with van der Waals surface area (Å²) in [5, 5.41) is 18.8. The Kier molecular flexibility index (Phi) is 3.49. The van der Waals surface area contributed by atoms with Crippen LogP contribution in [0.4, 0.5) is 0 Å². The van der Waals surface area contributed by atoms with Gasteiger partial charge in [-0.15, -0.1) is 0 Å². The van der Waals surface area contributed by atoms with Crippen LogP contribution in [0.1, 0.15) is 16.8 Å². The van der Waals surface area contributed by atoms with Gasteiger partial charge in [0.2, 0.25) is 0 Å². The van der Waals surface area contributed by atoms with Crippen molar-refractivity contribution in [2.45, 2.75) is 6.42 Å². The van der Waals surface area contributed by atoms with Gasteiger partial charge in [-0.1, -0.05) is 0 Å². The molecule has 0 atom stereocenters. The fraction of sp³-hybridized carbons (Fsp3) is 0.417. The number of hydrogen-bond donors (Lipinski definition) is 2. The Labute approximate surface area is 99.2 Å². The molecule has 1 aromatic carbocycles. The summed E-state index contributed by atoms with van der Waals surface area (Å²) in [7, 11) is 0. The largest absolute Gasteiger partial charge is 0.508 e. The molecule has 0 bridgehead atoms. The Morgan fingerprint density at radius 1 is 1.24 bits per heavy atom. The number of benzene rings is 1. The van der Waals surface area contributed by atoms with Crippen LogP contribution in [0.5, 0.6) is 11.5 Å². The van der Waals surface area contributed by atoms with Crippen LogP contribution in [0.25, 0.3) is 0 Å². The van der Waals surface area contributed by atoms with Crippen LogP contribution in [-0.2, 0) is 4.74 Å². The number of nitrogens with zero attached hydrogens (tertiary/aromatic N) is 1. The summed E-state index contributed by atoms with van der Waals surface area (Å²) in [4.78, 5) is 13.8. The Balaban J connectivity index is 2.17. The summed E-state index contributed by atoms with van der Waals surface area (Å²) in [6, 6.07) is 3.99. The van der Waals surface area contributed by atoms with Crippen LogP contribution < -0.4 is 0 Å². The maximum absolute atomic E-state index is 12.1. The van der Waals surface area contributed by atoms with Gasteiger partial charge in [0.1, 0.15) is 11.5 Å². The molecule has 1 fully saturated rings. The van der Waals surface area contributed by atoms with Crippen molar-refractivity contribution in [3.05, 3.63) is 23.8 Å². The van der Waals surface area contributed by atoms with E-state index in [1.807, 2.05) is 0 Å². The minimum Gasteiger partial charge on any atom is -0.508 e. The molecule has 5 nitrogen and oxygen atoms in total. The van der Waals surface area contributed by atoms with E-state index in [-0.39, 0.29) is 23.0 Å². The molecular formula is C12H15NO4. The Bertz CT molecular complexity index is 411. The lowest BCUT2D eigenvalue weighted by Crippen LogP contribution is -2.33. The molecule has 5 heteroatoms. The molecule has 1 saturated heterocycles. The number of rotatable bonds is 1. The van der Waals surface area contributed by atoms with Crippen molar-refractivity contribution in [2.24, 2.45) is 0 Å². The maximum Gasteiger partial charge on any atom is 0.257 e. The molecule has 1 aliphatic heterocycles. The Hall–Kier alpha value is -1.75. The molecular weight excluding hydrogens is 222 g/mol. The van der Waals surface area contributed by atoms with Crippen molar-refractivity contribution in [3.63, 3.8) is 0 Å². The monoisotopic (exact) mass is 237 g/mol. The highest BCUT2D eigenvalue weighted by Crippen LogP contribution is 2.24. The lowest BCUT2D eigenvalue weighted by molar-refractivity contribution is 0.0738. The molecule has 0 unspecified atom stereocenters. The lowest BCUT2D eigenvalue weighted by atomic mass is 10.1. The third-order valence-electron chi connectivity index (χ3n) is 2.72. The van der Waals surface area contributed by atoms with Crippen LogP contribution in [0.3, 0.4) is 0 Å². The molecule has 0 aromatic heterocycles. The molecule has 1 heterocycles. The van der Waals surface area contributed by atoms with Gasteiger partial charge in [0.15, 0.2) is 0 Å². The molecule has 0 spiro atoms. The highest BCUT2D eigenvalue weighted by molar-refractivity contribution is 5.97. The van der Waals surface area contributed by atoms with Gasteiger partial charge in [-0.05, 0) is 18.6 Å². The highest BCUT2D eigenvalue weighted by atomic mass is 16.5. The van der Waals surface area contributed by atoms with Gasteiger partial charge in [-0.25, -0.2) is 0 Å². The molecule has 0 saturated carbocycles. The first-order chi connectivity index (χ1) is 8.18. The third kappa shape index (κ3) is 2.68. The Morgan fingerprint density at radius 2 is 2.06 bits per heavy atom. The number of amides is 1. The zero-order valence-corrected chi connectivity index (χ0v) is 9.43. The number of hydrogen-bond acceptors (Lipinski definition) is 4. The molecule has 2 N–H and O–H groups in total. The average molecular weight is 237 g/mol. The summed E-state index contributed by atoms with van der Waals surface area (Å²) < 4.78 is 5.26. The first kappa shape index (κ1) is 11.7. The molecule has 1 aromatic rings. The van der Waals surface area contributed by atoms with Gasteiger partial charge in [0.05, 0.1) is 12.2 Å². The van der Waals surface area contributed by atoms with Crippen molar-refractivity contribution in [1.82, 2.24) is 4.90 Å². The van der Waals surface area contributed by atoms with Gasteiger partial charge >= 0.3 is 0 Å². The van der Waals surface area contributed by atoms with Crippen molar-refractivity contribution >= 4 is 5.91 Å². The number of ether oxygens (including phenoxy) is 1. The number of carbonyl (C=O) groups is 1. The zero-order chi connectivity index (χ0) is 12.3. The standard InChI is InChI=1S/C12H15NO4/c14-9-2-3-10(11(15)8-9)12(16)13-4-1-6-17-7-5-13/h2-3,8,14-15H,1,4-7H2. The molecule has 0 radical (unpaired) electrons. The van der Waals surface area contributed by atoms with Crippen molar-refractivity contribution < 1.29 is 19.7 Å². The number of carbonyl (C=O) groups excluding carboxylic acids is 1. The first-order valence-corrected chi connectivity index (χ1v) is 5.57. The quantitative estimate of drug-likeness (QED) is 0.763. The second-order valence-electron chi connectivity index (χ2n) is 3.96. The summed E-state index contributed by atoms with van der Waals surface area (Å²) in [5.41, 5.74) is 0.213. The summed E-state index contributed by atoms with van der Waals surface area (Å²) in [6.07, 6.45) is 0.796. The highest BCUT2D eigenvalue weighted by Gasteiger charge is 2.20. The first-order valence-electron chi connectivity index (χ1n) is 5.57. The van der Waals surface area contributed by atoms with E-state index in [1.165, 1.54) is 18.2 Å². The van der Waals surface area contributed by atoms with Gasteiger partial charge < -0.3 is 19.8 Å². The molecule has 1 amide bonds. The van der Waals surface area contributed by atoms with Gasteiger partial charge in [0, 0.05) is 25.8 Å². The maximum atomic E-state index is 12.1. The van der Waals surface area contributed by atoms with E-state index >= 15 is 0 Å². The van der Waals surface area contributed by atoms with E-state index in [4.69, 9.17) is 9.84 Å². The van der Waals surface area contributed by atoms with Crippen LogP contribution in [0.2, 0.25) is 0 Å². The van der Waals surface area contributed by atoms with E-state index in [0.29, 0.717) is 26.3 Å². The summed E-state index contributed by atoms with van der Waals surface area (Å²) in [5.74, 6) is -0.480. The topological polar surface area (TPSA) is 70.0 Å². The fourth-order valence-corrected chi connectivity index (χ4v) is 1.82. The predicted molar refractivity (Wildman–Crippen MR) is 61.1 cm³/mol. The minimum atomic E-state index is -0.229. The van der Waals surface area contributed by atoms with Gasteiger partial charge in [-0.3, -0.25) is 4.79 Å². The number of phenolic OH excluding ortho intramolecular Hbond substituents is 2. The normalized spacial score (nSPS) is 16.6. The molecule has 0 aliphatic carbocycles. The lowest BCUT2D eigenvalue weighted by Gasteiger charge is -2.20. The molecule has 92 valence electrons.